The van der Waals surface area contributed by atoms with Crippen molar-refractivity contribution in [2.45, 2.75) is 13.8 Å². The second-order valence-corrected chi connectivity index (χ2v) is 4.30. The minimum absolute atomic E-state index is 0.584. The summed E-state index contributed by atoms with van der Waals surface area (Å²) in [4.78, 5) is 0. The van der Waals surface area contributed by atoms with Crippen LogP contribution in [0.25, 0.3) is 0 Å². The highest BCUT2D eigenvalue weighted by molar-refractivity contribution is 14.1. The molecule has 0 spiro atoms. The first kappa shape index (κ1) is 9.84. The van der Waals surface area contributed by atoms with Crippen molar-refractivity contribution in [2.75, 3.05) is 6.61 Å². The minimum Gasteiger partial charge on any atom is -0.492 e. The second kappa shape index (κ2) is 4.70. The number of ether oxygens (including phenoxy) is 1. The van der Waals surface area contributed by atoms with Gasteiger partial charge in [-0.25, -0.2) is 0 Å². The SMILES string of the molecule is CC(C)COc1ccccc1I. The summed E-state index contributed by atoms with van der Waals surface area (Å²) in [6.07, 6.45) is 0. The van der Waals surface area contributed by atoms with Crippen molar-refractivity contribution in [3.63, 3.8) is 0 Å². The number of benzene rings is 1. The summed E-state index contributed by atoms with van der Waals surface area (Å²) < 4.78 is 6.77. The molecule has 2 heteroatoms. The molecule has 1 aromatic carbocycles. The van der Waals surface area contributed by atoms with E-state index in [0.717, 1.165) is 12.4 Å². The summed E-state index contributed by atoms with van der Waals surface area (Å²) in [5.74, 6) is 1.58. The molecule has 0 aliphatic carbocycles. The molecule has 1 rings (SSSR count). The van der Waals surface area contributed by atoms with E-state index in [9.17, 15) is 0 Å². The number of halogens is 1. The first-order valence-corrected chi connectivity index (χ1v) is 5.15. The number of hydrogen-bond donors (Lipinski definition) is 0. The van der Waals surface area contributed by atoms with E-state index in [2.05, 4.69) is 42.5 Å². The molecule has 0 amide bonds. The van der Waals surface area contributed by atoms with Crippen LogP contribution in [-0.4, -0.2) is 6.61 Å². The molecule has 0 aliphatic heterocycles. The van der Waals surface area contributed by atoms with Gasteiger partial charge in [-0.1, -0.05) is 26.0 Å². The summed E-state index contributed by atoms with van der Waals surface area (Å²) in [5, 5.41) is 0. The Bertz CT molecular complexity index is 245. The second-order valence-electron chi connectivity index (χ2n) is 3.14. The molecule has 0 fully saturated rings. The first-order valence-electron chi connectivity index (χ1n) is 4.07. The lowest BCUT2D eigenvalue weighted by atomic mass is 10.2. The zero-order chi connectivity index (χ0) is 8.97. The van der Waals surface area contributed by atoms with Gasteiger partial charge in [0.15, 0.2) is 0 Å². The van der Waals surface area contributed by atoms with Crippen molar-refractivity contribution >= 4 is 22.6 Å². The van der Waals surface area contributed by atoms with Crippen LogP contribution < -0.4 is 4.74 Å². The van der Waals surface area contributed by atoms with Gasteiger partial charge in [0.25, 0.3) is 0 Å². The first-order chi connectivity index (χ1) is 5.70. The zero-order valence-electron chi connectivity index (χ0n) is 7.38. The summed E-state index contributed by atoms with van der Waals surface area (Å²) in [6.45, 7) is 5.09. The summed E-state index contributed by atoms with van der Waals surface area (Å²) >= 11 is 2.28. The van der Waals surface area contributed by atoms with Gasteiger partial charge in [0.1, 0.15) is 5.75 Å². The molecule has 1 aromatic rings. The Balaban J connectivity index is 2.57. The van der Waals surface area contributed by atoms with E-state index in [1.54, 1.807) is 0 Å². The zero-order valence-corrected chi connectivity index (χ0v) is 9.54. The Kier molecular flexibility index (Phi) is 3.85. The maximum absolute atomic E-state index is 5.59. The molecule has 0 N–H and O–H groups in total. The largest absolute Gasteiger partial charge is 0.492 e. The lowest BCUT2D eigenvalue weighted by molar-refractivity contribution is 0.269. The van der Waals surface area contributed by atoms with Gasteiger partial charge in [0, 0.05) is 0 Å². The van der Waals surface area contributed by atoms with Crippen molar-refractivity contribution in [1.29, 1.82) is 0 Å². The maximum atomic E-state index is 5.59. The van der Waals surface area contributed by atoms with Crippen LogP contribution in [0.5, 0.6) is 5.75 Å². The molecular weight excluding hydrogens is 263 g/mol. The highest BCUT2D eigenvalue weighted by Crippen LogP contribution is 2.19. The van der Waals surface area contributed by atoms with E-state index in [4.69, 9.17) is 4.74 Å². The van der Waals surface area contributed by atoms with Crippen LogP contribution in [0.2, 0.25) is 0 Å². The van der Waals surface area contributed by atoms with E-state index in [1.807, 2.05) is 18.2 Å². The summed E-state index contributed by atoms with van der Waals surface area (Å²) in [6, 6.07) is 8.07. The third-order valence-electron chi connectivity index (χ3n) is 1.41. The molecule has 0 saturated heterocycles. The van der Waals surface area contributed by atoms with E-state index >= 15 is 0 Å². The molecule has 0 aliphatic rings. The average Bonchev–Trinajstić information content (AvgIpc) is 2.03. The lowest BCUT2D eigenvalue weighted by Crippen LogP contribution is -2.05. The molecule has 0 aromatic heterocycles. The Labute approximate surface area is 87.3 Å². The molecule has 66 valence electrons. The standard InChI is InChI=1S/C10H13IO/c1-8(2)7-12-10-6-4-3-5-9(10)11/h3-6,8H,7H2,1-2H3. The van der Waals surface area contributed by atoms with Crippen molar-refractivity contribution in [3.8, 4) is 5.75 Å². The van der Waals surface area contributed by atoms with Crippen LogP contribution in [-0.2, 0) is 0 Å². The van der Waals surface area contributed by atoms with Gasteiger partial charge >= 0.3 is 0 Å². The van der Waals surface area contributed by atoms with E-state index in [1.165, 1.54) is 3.57 Å². The van der Waals surface area contributed by atoms with Crippen LogP contribution >= 0.6 is 22.6 Å². The Morgan fingerprint density at radius 1 is 1.33 bits per heavy atom. The van der Waals surface area contributed by atoms with Gasteiger partial charge in [-0.15, -0.1) is 0 Å². The monoisotopic (exact) mass is 276 g/mol. The van der Waals surface area contributed by atoms with Crippen LogP contribution in [0.15, 0.2) is 24.3 Å². The van der Waals surface area contributed by atoms with E-state index in [-0.39, 0.29) is 0 Å². The third kappa shape index (κ3) is 3.01. The normalized spacial score (nSPS) is 10.3. The molecule has 0 saturated carbocycles. The van der Waals surface area contributed by atoms with Gasteiger partial charge in [-0.05, 0) is 40.6 Å². The van der Waals surface area contributed by atoms with Gasteiger partial charge < -0.3 is 4.74 Å². The van der Waals surface area contributed by atoms with E-state index in [0.29, 0.717) is 5.92 Å². The van der Waals surface area contributed by atoms with Crippen molar-refractivity contribution in [2.24, 2.45) is 5.92 Å². The van der Waals surface area contributed by atoms with Crippen LogP contribution in [0.4, 0.5) is 0 Å². The highest BCUT2D eigenvalue weighted by atomic mass is 127. The van der Waals surface area contributed by atoms with Gasteiger partial charge in [0.05, 0.1) is 10.2 Å². The van der Waals surface area contributed by atoms with Crippen molar-refractivity contribution < 1.29 is 4.74 Å². The van der Waals surface area contributed by atoms with Gasteiger partial charge in [0.2, 0.25) is 0 Å². The topological polar surface area (TPSA) is 9.23 Å². The number of rotatable bonds is 3. The molecule has 0 radical (unpaired) electrons. The maximum Gasteiger partial charge on any atom is 0.132 e. The quantitative estimate of drug-likeness (QED) is 0.769. The van der Waals surface area contributed by atoms with Crippen LogP contribution in [0.1, 0.15) is 13.8 Å². The molecule has 12 heavy (non-hydrogen) atoms. The highest BCUT2D eigenvalue weighted by Gasteiger charge is 1.99. The van der Waals surface area contributed by atoms with Crippen LogP contribution in [0, 0.1) is 9.49 Å². The summed E-state index contributed by atoms with van der Waals surface area (Å²) in [5.41, 5.74) is 0. The fourth-order valence-corrected chi connectivity index (χ4v) is 1.36. The Hall–Kier alpha value is -0.250. The average molecular weight is 276 g/mol. The minimum atomic E-state index is 0.584. The third-order valence-corrected chi connectivity index (χ3v) is 2.30. The molecule has 0 bridgehead atoms. The predicted octanol–water partition coefficient (Wildman–Crippen LogP) is 3.33. The van der Waals surface area contributed by atoms with E-state index < -0.39 is 0 Å². The molecule has 1 nitrogen and oxygen atoms in total. The Morgan fingerprint density at radius 3 is 2.58 bits per heavy atom. The predicted molar refractivity (Wildman–Crippen MR) is 59.5 cm³/mol. The van der Waals surface area contributed by atoms with Gasteiger partial charge in [-0.2, -0.15) is 0 Å². The Morgan fingerprint density at radius 2 is 2.00 bits per heavy atom. The van der Waals surface area contributed by atoms with Crippen LogP contribution in [0.3, 0.4) is 0 Å². The smallest absolute Gasteiger partial charge is 0.132 e. The van der Waals surface area contributed by atoms with Gasteiger partial charge in [-0.3, -0.25) is 0 Å². The fourth-order valence-electron chi connectivity index (χ4n) is 0.818. The fraction of sp³-hybridized carbons (Fsp3) is 0.400. The summed E-state index contributed by atoms with van der Waals surface area (Å²) in [7, 11) is 0. The molecule has 0 unspecified atom stereocenters. The lowest BCUT2D eigenvalue weighted by Gasteiger charge is -2.09. The number of para-hydroxylation sites is 1. The van der Waals surface area contributed by atoms with Crippen molar-refractivity contribution in [3.05, 3.63) is 27.8 Å². The molecular formula is C10H13IO. The number of hydrogen-bond acceptors (Lipinski definition) is 1. The van der Waals surface area contributed by atoms with Crippen molar-refractivity contribution in [1.82, 2.24) is 0 Å². The molecule has 0 atom stereocenters. The molecule has 0 heterocycles.